The molecule has 0 aromatic heterocycles. The third-order valence-corrected chi connectivity index (χ3v) is 10.2. The summed E-state index contributed by atoms with van der Waals surface area (Å²) < 4.78 is 33.3. The van der Waals surface area contributed by atoms with E-state index in [4.69, 9.17) is 29.4 Å². The summed E-state index contributed by atoms with van der Waals surface area (Å²) in [7, 11) is -4.63. The molecule has 3 unspecified atom stereocenters. The zero-order chi connectivity index (χ0) is 41.9. The standard InChI is InChI=1S/C46H82NO9P/c1-3-5-7-9-11-13-15-17-19-20-21-22-23-24-25-26-28-30-32-34-36-38-45(48)56-43(41-54-57(51,52)55-42-44(47)46(49)50)40-53-39-37-35-33-31-29-27-18-16-14-12-10-8-6-4-2/h6,8,12,14-15,17-18,20-21,27,43-44H,3-5,7,9-11,13,16,19,22-26,28-42,47H2,1-2H3,(H,49,50)(H,51,52)/b8-6-,14-12-,17-15-,21-20-,27-18-. The molecule has 330 valence electrons. The number of esters is 1. The summed E-state index contributed by atoms with van der Waals surface area (Å²) in [6.07, 6.45) is 49.9. The smallest absolute Gasteiger partial charge is 0.472 e. The molecular weight excluding hydrogens is 741 g/mol. The van der Waals surface area contributed by atoms with E-state index in [0.717, 1.165) is 83.5 Å². The van der Waals surface area contributed by atoms with E-state index < -0.39 is 45.1 Å². The Bertz CT molecular complexity index is 1140. The molecule has 0 rings (SSSR count). The molecule has 0 aliphatic heterocycles. The van der Waals surface area contributed by atoms with Crippen LogP contribution in [0.5, 0.6) is 0 Å². The summed E-state index contributed by atoms with van der Waals surface area (Å²) in [6, 6.07) is -1.48. The summed E-state index contributed by atoms with van der Waals surface area (Å²) >= 11 is 0. The number of carbonyl (C=O) groups is 2. The predicted octanol–water partition coefficient (Wildman–Crippen LogP) is 12.4. The van der Waals surface area contributed by atoms with Crippen LogP contribution in [0.15, 0.2) is 60.8 Å². The number of unbranched alkanes of at least 4 members (excludes halogenated alkanes) is 18. The molecule has 57 heavy (non-hydrogen) atoms. The minimum atomic E-state index is -4.63. The van der Waals surface area contributed by atoms with E-state index in [1.165, 1.54) is 70.6 Å². The first-order chi connectivity index (χ1) is 27.7. The van der Waals surface area contributed by atoms with Crippen molar-refractivity contribution in [3.8, 4) is 0 Å². The number of rotatable bonds is 42. The number of ether oxygens (including phenoxy) is 2. The molecule has 0 spiro atoms. The van der Waals surface area contributed by atoms with Gasteiger partial charge in [-0.1, -0.05) is 158 Å². The van der Waals surface area contributed by atoms with Gasteiger partial charge < -0.3 is 25.2 Å². The van der Waals surface area contributed by atoms with Crippen LogP contribution in [-0.2, 0) is 32.7 Å². The Morgan fingerprint density at radius 2 is 1.02 bits per heavy atom. The third-order valence-electron chi connectivity index (χ3n) is 9.28. The lowest BCUT2D eigenvalue weighted by Gasteiger charge is -2.20. The van der Waals surface area contributed by atoms with Gasteiger partial charge >= 0.3 is 19.8 Å². The molecule has 10 nitrogen and oxygen atoms in total. The van der Waals surface area contributed by atoms with Gasteiger partial charge in [0, 0.05) is 13.0 Å². The van der Waals surface area contributed by atoms with Crippen LogP contribution in [0.2, 0.25) is 0 Å². The number of phosphoric acid groups is 1. The van der Waals surface area contributed by atoms with Gasteiger partial charge in [0.15, 0.2) is 0 Å². The van der Waals surface area contributed by atoms with Gasteiger partial charge in [0.25, 0.3) is 0 Å². The van der Waals surface area contributed by atoms with E-state index in [-0.39, 0.29) is 13.0 Å². The topological polar surface area (TPSA) is 155 Å². The van der Waals surface area contributed by atoms with Gasteiger partial charge in [0.2, 0.25) is 0 Å². The first-order valence-electron chi connectivity index (χ1n) is 22.3. The van der Waals surface area contributed by atoms with E-state index in [9.17, 15) is 19.0 Å². The number of hydrogen-bond acceptors (Lipinski definition) is 8. The first-order valence-corrected chi connectivity index (χ1v) is 23.8. The molecule has 3 atom stereocenters. The van der Waals surface area contributed by atoms with Gasteiger partial charge in [-0.15, -0.1) is 0 Å². The van der Waals surface area contributed by atoms with E-state index in [2.05, 4.69) is 74.6 Å². The van der Waals surface area contributed by atoms with Crippen LogP contribution in [0.25, 0.3) is 0 Å². The Balaban J connectivity index is 4.24. The number of carboxylic acid groups (broad SMARTS) is 1. The maximum absolute atomic E-state index is 12.6. The van der Waals surface area contributed by atoms with Crippen LogP contribution >= 0.6 is 7.82 Å². The van der Waals surface area contributed by atoms with Gasteiger partial charge in [0.1, 0.15) is 12.1 Å². The van der Waals surface area contributed by atoms with E-state index >= 15 is 0 Å². The number of allylic oxidation sites excluding steroid dienone is 10. The summed E-state index contributed by atoms with van der Waals surface area (Å²) in [5, 5.41) is 8.90. The number of carboxylic acids is 1. The second-order valence-corrected chi connectivity index (χ2v) is 16.2. The van der Waals surface area contributed by atoms with Crippen LogP contribution in [0.1, 0.15) is 181 Å². The SMILES string of the molecule is CC/C=C\C/C=C\C/C=C\CCCCCCOCC(COP(=O)(O)OCC(N)C(=O)O)OC(=O)CCCCCCCCCCC/C=C\C/C=C\CCCCCCC. The Kier molecular flexibility index (Phi) is 40.1. The molecule has 11 heteroatoms. The third kappa shape index (κ3) is 41.6. The van der Waals surface area contributed by atoms with Crippen molar-refractivity contribution in [1.82, 2.24) is 0 Å². The molecule has 0 amide bonds. The van der Waals surface area contributed by atoms with Gasteiger partial charge in [0.05, 0.1) is 19.8 Å². The van der Waals surface area contributed by atoms with Crippen LogP contribution in [-0.4, -0.2) is 60.5 Å². The number of nitrogens with two attached hydrogens (primary N) is 1. The Morgan fingerprint density at radius 3 is 1.53 bits per heavy atom. The molecule has 0 fully saturated rings. The minimum Gasteiger partial charge on any atom is -0.480 e. The molecule has 0 radical (unpaired) electrons. The van der Waals surface area contributed by atoms with Crippen molar-refractivity contribution in [3.05, 3.63) is 60.8 Å². The van der Waals surface area contributed by atoms with Crippen LogP contribution in [0.4, 0.5) is 0 Å². The fraction of sp³-hybridized carbons (Fsp3) is 0.739. The van der Waals surface area contributed by atoms with Crippen molar-refractivity contribution in [1.29, 1.82) is 0 Å². The highest BCUT2D eigenvalue weighted by Gasteiger charge is 2.27. The van der Waals surface area contributed by atoms with Crippen molar-refractivity contribution in [2.45, 2.75) is 193 Å². The normalized spacial score (nSPS) is 14.5. The number of hydrogen-bond donors (Lipinski definition) is 3. The fourth-order valence-electron chi connectivity index (χ4n) is 5.82. The second-order valence-electron chi connectivity index (χ2n) is 14.8. The summed E-state index contributed by atoms with van der Waals surface area (Å²) in [4.78, 5) is 33.6. The molecule has 0 aliphatic rings. The van der Waals surface area contributed by atoms with Crippen molar-refractivity contribution < 1.29 is 42.7 Å². The fourth-order valence-corrected chi connectivity index (χ4v) is 6.60. The molecule has 0 aliphatic carbocycles. The number of carbonyl (C=O) groups excluding carboxylic acids is 1. The molecule has 0 aromatic carbocycles. The average Bonchev–Trinajstić information content (AvgIpc) is 3.19. The van der Waals surface area contributed by atoms with E-state index in [0.29, 0.717) is 13.0 Å². The summed E-state index contributed by atoms with van der Waals surface area (Å²) in [5.74, 6) is -1.80. The minimum absolute atomic E-state index is 0.00217. The van der Waals surface area contributed by atoms with Crippen molar-refractivity contribution in [3.63, 3.8) is 0 Å². The molecule has 0 aromatic rings. The average molecular weight is 824 g/mol. The monoisotopic (exact) mass is 824 g/mol. The van der Waals surface area contributed by atoms with E-state index in [1.807, 2.05) is 0 Å². The highest BCUT2D eigenvalue weighted by atomic mass is 31.2. The van der Waals surface area contributed by atoms with Gasteiger partial charge in [-0.25, -0.2) is 4.57 Å². The Hall–Kier alpha value is -2.33. The first kappa shape index (κ1) is 54.7. The Morgan fingerprint density at radius 1 is 0.579 bits per heavy atom. The molecular formula is C46H82NO9P. The second kappa shape index (κ2) is 41.8. The Labute approximate surface area is 347 Å². The van der Waals surface area contributed by atoms with Gasteiger partial charge in [-0.3, -0.25) is 18.6 Å². The zero-order valence-corrected chi connectivity index (χ0v) is 36.8. The summed E-state index contributed by atoms with van der Waals surface area (Å²) in [5.41, 5.74) is 5.35. The maximum Gasteiger partial charge on any atom is 0.472 e. The zero-order valence-electron chi connectivity index (χ0n) is 35.9. The lowest BCUT2D eigenvalue weighted by Crippen LogP contribution is -2.34. The van der Waals surface area contributed by atoms with Crippen molar-refractivity contribution >= 4 is 19.8 Å². The largest absolute Gasteiger partial charge is 0.480 e. The highest BCUT2D eigenvalue weighted by molar-refractivity contribution is 7.47. The van der Waals surface area contributed by atoms with Crippen LogP contribution in [0.3, 0.4) is 0 Å². The molecule has 0 saturated heterocycles. The number of phosphoric ester groups is 1. The quantitative estimate of drug-likeness (QED) is 0.0234. The molecule has 0 heterocycles. The van der Waals surface area contributed by atoms with Crippen molar-refractivity contribution in [2.24, 2.45) is 5.73 Å². The maximum atomic E-state index is 12.6. The highest BCUT2D eigenvalue weighted by Crippen LogP contribution is 2.43. The van der Waals surface area contributed by atoms with E-state index in [1.54, 1.807) is 0 Å². The number of aliphatic carboxylic acids is 1. The van der Waals surface area contributed by atoms with Crippen LogP contribution in [0, 0.1) is 0 Å². The van der Waals surface area contributed by atoms with Gasteiger partial charge in [-0.05, 0) is 77.0 Å². The van der Waals surface area contributed by atoms with Crippen molar-refractivity contribution in [2.75, 3.05) is 26.4 Å². The molecule has 4 N–H and O–H groups in total. The summed E-state index contributed by atoms with van der Waals surface area (Å²) in [6.45, 7) is 3.69. The van der Waals surface area contributed by atoms with Crippen LogP contribution < -0.4 is 5.73 Å². The predicted molar refractivity (Wildman–Crippen MR) is 235 cm³/mol. The lowest BCUT2D eigenvalue weighted by atomic mass is 10.1. The molecule has 0 saturated carbocycles. The molecule has 0 bridgehead atoms. The van der Waals surface area contributed by atoms with Gasteiger partial charge in [-0.2, -0.15) is 0 Å². The lowest BCUT2D eigenvalue weighted by molar-refractivity contribution is -0.154.